The van der Waals surface area contributed by atoms with Crippen LogP contribution in [0.25, 0.3) is 0 Å². The molecule has 0 saturated heterocycles. The Bertz CT molecular complexity index is 366. The first-order valence-electron chi connectivity index (χ1n) is 6.24. The van der Waals surface area contributed by atoms with Crippen LogP contribution >= 0.6 is 0 Å². The van der Waals surface area contributed by atoms with Crippen LogP contribution in [0.2, 0.25) is 0 Å². The molecule has 1 rings (SSSR count). The summed E-state index contributed by atoms with van der Waals surface area (Å²) in [4.78, 5) is 11.0. The van der Waals surface area contributed by atoms with Gasteiger partial charge in [0.15, 0.2) is 0 Å². The van der Waals surface area contributed by atoms with Crippen molar-refractivity contribution in [1.82, 2.24) is 0 Å². The van der Waals surface area contributed by atoms with E-state index in [1.54, 1.807) is 0 Å². The molecule has 0 aliphatic heterocycles. The molecule has 94 valence electrons. The molecule has 1 amide bonds. The third-order valence-corrected chi connectivity index (χ3v) is 3.07. The van der Waals surface area contributed by atoms with Crippen LogP contribution in [0.15, 0.2) is 18.2 Å². The largest absolute Gasteiger partial charge is 0.384 e. The number of aryl methyl sites for hydroxylation is 2. The summed E-state index contributed by atoms with van der Waals surface area (Å²) in [5, 5.41) is 3.36. The van der Waals surface area contributed by atoms with Gasteiger partial charge in [0.2, 0.25) is 5.91 Å². The Morgan fingerprint density at radius 2 is 1.82 bits per heavy atom. The molecule has 0 saturated carbocycles. The monoisotopic (exact) mass is 234 g/mol. The lowest BCUT2D eigenvalue weighted by Gasteiger charge is -2.17. The molecule has 1 aromatic rings. The smallest absolute Gasteiger partial charge is 0.222 e. The fraction of sp³-hybridized carbons (Fsp3) is 0.500. The van der Waals surface area contributed by atoms with Crippen molar-refractivity contribution in [2.45, 2.75) is 33.6 Å². The van der Waals surface area contributed by atoms with Gasteiger partial charge in [-0.15, -0.1) is 0 Å². The molecule has 3 heteroatoms. The van der Waals surface area contributed by atoms with Crippen LogP contribution in [0.3, 0.4) is 0 Å². The molecule has 0 spiro atoms. The molecule has 0 aliphatic carbocycles. The van der Waals surface area contributed by atoms with Gasteiger partial charge >= 0.3 is 0 Å². The van der Waals surface area contributed by atoms with Crippen molar-refractivity contribution < 1.29 is 4.79 Å². The van der Waals surface area contributed by atoms with E-state index in [-0.39, 0.29) is 11.8 Å². The van der Waals surface area contributed by atoms with Crippen LogP contribution in [0.5, 0.6) is 0 Å². The third kappa shape index (κ3) is 3.48. The van der Waals surface area contributed by atoms with Gasteiger partial charge in [0.05, 0.1) is 5.92 Å². The lowest BCUT2D eigenvalue weighted by atomic mass is 10.0. The second-order valence-electron chi connectivity index (χ2n) is 4.34. The Morgan fingerprint density at radius 3 is 2.24 bits per heavy atom. The Hall–Kier alpha value is -1.51. The summed E-state index contributed by atoms with van der Waals surface area (Å²) in [5.74, 6) is -0.408. The number of carbonyl (C=O) groups is 1. The van der Waals surface area contributed by atoms with Gasteiger partial charge in [0.1, 0.15) is 0 Å². The van der Waals surface area contributed by atoms with E-state index in [9.17, 15) is 4.79 Å². The number of rotatable bonds is 6. The highest BCUT2D eigenvalue weighted by Crippen LogP contribution is 2.22. The topological polar surface area (TPSA) is 55.1 Å². The number of nitrogens with one attached hydrogen (secondary N) is 1. The van der Waals surface area contributed by atoms with Crippen LogP contribution in [-0.2, 0) is 17.6 Å². The molecule has 1 aromatic carbocycles. The van der Waals surface area contributed by atoms with Crippen molar-refractivity contribution >= 4 is 11.6 Å². The van der Waals surface area contributed by atoms with Gasteiger partial charge in [-0.25, -0.2) is 0 Å². The predicted molar refractivity (Wildman–Crippen MR) is 72.0 cm³/mol. The number of para-hydroxylation sites is 1. The second-order valence-corrected chi connectivity index (χ2v) is 4.34. The Morgan fingerprint density at radius 1 is 1.29 bits per heavy atom. The highest BCUT2D eigenvalue weighted by atomic mass is 16.1. The van der Waals surface area contributed by atoms with Gasteiger partial charge in [0, 0.05) is 12.2 Å². The molecule has 0 heterocycles. The van der Waals surface area contributed by atoms with Crippen molar-refractivity contribution in [1.29, 1.82) is 0 Å². The summed E-state index contributed by atoms with van der Waals surface area (Å²) in [6.07, 6.45) is 1.97. The molecule has 0 bridgehead atoms. The fourth-order valence-electron chi connectivity index (χ4n) is 1.83. The van der Waals surface area contributed by atoms with E-state index in [0.717, 1.165) is 12.8 Å². The molecule has 1 atom stereocenters. The minimum Gasteiger partial charge on any atom is -0.384 e. The quantitative estimate of drug-likeness (QED) is 0.793. The average Bonchev–Trinajstić information content (AvgIpc) is 2.34. The van der Waals surface area contributed by atoms with E-state index in [4.69, 9.17) is 5.73 Å². The summed E-state index contributed by atoms with van der Waals surface area (Å²) < 4.78 is 0. The lowest BCUT2D eigenvalue weighted by molar-refractivity contribution is -0.120. The van der Waals surface area contributed by atoms with Crippen molar-refractivity contribution in [3.63, 3.8) is 0 Å². The Labute approximate surface area is 103 Å². The summed E-state index contributed by atoms with van der Waals surface area (Å²) in [5.41, 5.74) is 9.02. The van der Waals surface area contributed by atoms with Gasteiger partial charge in [0.25, 0.3) is 0 Å². The maximum Gasteiger partial charge on any atom is 0.222 e. The average molecular weight is 234 g/mol. The van der Waals surface area contributed by atoms with Crippen LogP contribution < -0.4 is 11.1 Å². The fourth-order valence-corrected chi connectivity index (χ4v) is 1.83. The maximum atomic E-state index is 11.0. The zero-order valence-corrected chi connectivity index (χ0v) is 10.9. The maximum absolute atomic E-state index is 11.0. The van der Waals surface area contributed by atoms with Gasteiger partial charge < -0.3 is 11.1 Å². The normalized spacial score (nSPS) is 12.2. The van der Waals surface area contributed by atoms with E-state index in [2.05, 4.69) is 37.4 Å². The van der Waals surface area contributed by atoms with Crippen molar-refractivity contribution in [3.05, 3.63) is 29.3 Å². The number of carbonyl (C=O) groups excluding carboxylic acids is 1. The van der Waals surface area contributed by atoms with Crippen LogP contribution in [0.1, 0.15) is 31.9 Å². The molecule has 3 nitrogen and oxygen atoms in total. The first-order chi connectivity index (χ1) is 8.10. The zero-order chi connectivity index (χ0) is 12.8. The van der Waals surface area contributed by atoms with Gasteiger partial charge in [-0.05, 0) is 24.0 Å². The molecule has 17 heavy (non-hydrogen) atoms. The molecule has 3 N–H and O–H groups in total. The summed E-state index contributed by atoms with van der Waals surface area (Å²) in [6.45, 7) is 6.71. The standard InChI is InChI=1S/C14H22N2O/c1-4-11-7-6-8-12(5-2)13(11)16-9-10(3)14(15)17/h6-8,10,16H,4-5,9H2,1-3H3,(H2,15,17). The number of nitrogens with two attached hydrogens (primary N) is 1. The van der Waals surface area contributed by atoms with Crippen molar-refractivity contribution in [3.8, 4) is 0 Å². The number of hydrogen-bond donors (Lipinski definition) is 2. The number of amides is 1. The summed E-state index contributed by atoms with van der Waals surface area (Å²) in [7, 11) is 0. The Kier molecular flexibility index (Phi) is 5.01. The molecular formula is C14H22N2O. The molecule has 0 aliphatic rings. The molecule has 0 aromatic heterocycles. The molecule has 0 radical (unpaired) electrons. The van der Waals surface area contributed by atoms with Crippen LogP contribution in [0, 0.1) is 5.92 Å². The van der Waals surface area contributed by atoms with Crippen molar-refractivity contribution in [2.75, 3.05) is 11.9 Å². The highest BCUT2D eigenvalue weighted by molar-refractivity contribution is 5.77. The van der Waals surface area contributed by atoms with Crippen LogP contribution in [0.4, 0.5) is 5.69 Å². The Balaban J connectivity index is 2.84. The van der Waals surface area contributed by atoms with E-state index < -0.39 is 0 Å². The summed E-state index contributed by atoms with van der Waals surface area (Å²) in [6, 6.07) is 6.33. The van der Waals surface area contributed by atoms with Crippen molar-refractivity contribution in [2.24, 2.45) is 11.7 Å². The minimum absolute atomic E-state index is 0.149. The minimum atomic E-state index is -0.260. The first kappa shape index (κ1) is 13.6. The van der Waals surface area contributed by atoms with E-state index in [1.807, 2.05) is 6.92 Å². The summed E-state index contributed by atoms with van der Waals surface area (Å²) >= 11 is 0. The molecule has 0 fully saturated rings. The number of hydrogen-bond acceptors (Lipinski definition) is 2. The third-order valence-electron chi connectivity index (χ3n) is 3.07. The number of anilines is 1. The molecule has 1 unspecified atom stereocenters. The lowest BCUT2D eigenvalue weighted by Crippen LogP contribution is -2.27. The first-order valence-corrected chi connectivity index (χ1v) is 6.24. The predicted octanol–water partition coefficient (Wildman–Crippen LogP) is 2.34. The van der Waals surface area contributed by atoms with Gasteiger partial charge in [-0.1, -0.05) is 39.0 Å². The SMILES string of the molecule is CCc1cccc(CC)c1NCC(C)C(N)=O. The van der Waals surface area contributed by atoms with E-state index >= 15 is 0 Å². The van der Waals surface area contributed by atoms with Gasteiger partial charge in [-0.2, -0.15) is 0 Å². The van der Waals surface area contributed by atoms with E-state index in [1.165, 1.54) is 16.8 Å². The zero-order valence-electron chi connectivity index (χ0n) is 10.9. The van der Waals surface area contributed by atoms with Gasteiger partial charge in [-0.3, -0.25) is 4.79 Å². The van der Waals surface area contributed by atoms with E-state index in [0.29, 0.717) is 6.54 Å². The molecular weight excluding hydrogens is 212 g/mol. The second kappa shape index (κ2) is 6.28. The van der Waals surface area contributed by atoms with Crippen LogP contribution in [-0.4, -0.2) is 12.5 Å². The number of primary amides is 1. The number of benzene rings is 1. The highest BCUT2D eigenvalue weighted by Gasteiger charge is 2.11.